The van der Waals surface area contributed by atoms with Crippen LogP contribution in [-0.4, -0.2) is 22.5 Å². The van der Waals surface area contributed by atoms with Crippen molar-refractivity contribution in [2.45, 2.75) is 39.2 Å². The minimum Gasteiger partial charge on any atom is -0.356 e. The van der Waals surface area contributed by atoms with E-state index in [9.17, 15) is 4.79 Å². The lowest BCUT2D eigenvalue weighted by Crippen LogP contribution is -2.34. The van der Waals surface area contributed by atoms with E-state index in [1.807, 2.05) is 35.2 Å². The van der Waals surface area contributed by atoms with Crippen LogP contribution in [0.25, 0.3) is 17.4 Å². The number of nitrogens with zero attached hydrogens (tertiary/aromatic N) is 2. The Morgan fingerprint density at radius 3 is 2.47 bits per heavy atom. The van der Waals surface area contributed by atoms with Gasteiger partial charge < -0.3 is 9.42 Å². The monoisotopic (exact) mass is 420 g/mol. The van der Waals surface area contributed by atoms with Gasteiger partial charge in [0.2, 0.25) is 5.91 Å². The molecule has 0 spiro atoms. The van der Waals surface area contributed by atoms with Gasteiger partial charge in [-0.15, -0.1) is 0 Å². The molecule has 1 aromatic heterocycles. The van der Waals surface area contributed by atoms with Crippen molar-refractivity contribution in [3.05, 3.63) is 82.0 Å². The highest BCUT2D eigenvalue weighted by Crippen LogP contribution is 2.31. The summed E-state index contributed by atoms with van der Waals surface area (Å²) < 4.78 is 5.59. The van der Waals surface area contributed by atoms with E-state index in [0.717, 1.165) is 22.4 Å². The maximum atomic E-state index is 12.8. The Morgan fingerprint density at radius 1 is 1.10 bits per heavy atom. The first kappa shape index (κ1) is 20.4. The number of halogens is 1. The van der Waals surface area contributed by atoms with E-state index in [4.69, 9.17) is 16.1 Å². The Morgan fingerprint density at radius 2 is 1.80 bits per heavy atom. The molecule has 3 aromatic rings. The van der Waals surface area contributed by atoms with Gasteiger partial charge >= 0.3 is 0 Å². The molecule has 154 valence electrons. The highest BCUT2D eigenvalue weighted by Gasteiger charge is 2.26. The number of aromatic nitrogens is 1. The van der Waals surface area contributed by atoms with Crippen LogP contribution >= 0.6 is 11.6 Å². The van der Waals surface area contributed by atoms with E-state index in [0.29, 0.717) is 30.3 Å². The fraction of sp³-hybridized carbons (Fsp3) is 0.280. The summed E-state index contributed by atoms with van der Waals surface area (Å²) in [6.45, 7) is 7.69. The Kier molecular flexibility index (Phi) is 5.52. The molecular formula is C25H25ClN2O2. The molecule has 0 radical (unpaired) electrons. The molecule has 0 N–H and O–H groups in total. The van der Waals surface area contributed by atoms with Crippen molar-refractivity contribution in [3.8, 4) is 11.3 Å². The summed E-state index contributed by atoms with van der Waals surface area (Å²) in [5, 5.41) is 4.88. The molecule has 4 nitrogen and oxygen atoms in total. The number of amides is 1. The summed E-state index contributed by atoms with van der Waals surface area (Å²) in [6.07, 6.45) is 4.21. The first-order valence-corrected chi connectivity index (χ1v) is 10.5. The van der Waals surface area contributed by atoms with Crippen molar-refractivity contribution in [2.75, 3.05) is 6.54 Å². The molecule has 1 aliphatic rings. The van der Waals surface area contributed by atoms with Gasteiger partial charge in [0.1, 0.15) is 0 Å². The van der Waals surface area contributed by atoms with Crippen molar-refractivity contribution < 1.29 is 9.32 Å². The van der Waals surface area contributed by atoms with Crippen molar-refractivity contribution in [2.24, 2.45) is 0 Å². The summed E-state index contributed by atoms with van der Waals surface area (Å²) in [5.41, 5.74) is 5.21. The lowest BCUT2D eigenvalue weighted by Gasteiger charge is -2.25. The van der Waals surface area contributed by atoms with Crippen LogP contribution in [0.3, 0.4) is 0 Å². The lowest BCUT2D eigenvalue weighted by atomic mass is 9.87. The average Bonchev–Trinajstić information content (AvgIpc) is 3.15. The second-order valence-corrected chi connectivity index (χ2v) is 9.10. The molecule has 2 heterocycles. The molecule has 1 amide bonds. The van der Waals surface area contributed by atoms with Gasteiger partial charge in [0, 0.05) is 35.2 Å². The second-order valence-electron chi connectivity index (χ2n) is 8.66. The molecule has 0 atom stereocenters. The maximum Gasteiger partial charge on any atom is 0.246 e. The second kappa shape index (κ2) is 8.11. The van der Waals surface area contributed by atoms with Crippen molar-refractivity contribution in [1.82, 2.24) is 10.1 Å². The van der Waals surface area contributed by atoms with Crippen LogP contribution in [0.1, 0.15) is 43.2 Å². The third-order valence-electron chi connectivity index (χ3n) is 5.45. The van der Waals surface area contributed by atoms with Gasteiger partial charge in [-0.25, -0.2) is 0 Å². The maximum absolute atomic E-state index is 12.8. The predicted molar refractivity (Wildman–Crippen MR) is 120 cm³/mol. The highest BCUT2D eigenvalue weighted by atomic mass is 35.5. The normalized spacial score (nSPS) is 14.2. The summed E-state index contributed by atoms with van der Waals surface area (Å²) >= 11 is 5.99. The summed E-state index contributed by atoms with van der Waals surface area (Å²) in [4.78, 5) is 14.6. The number of fused-ring (bicyclic) bond motifs is 1. The molecule has 4 rings (SSSR count). The first-order chi connectivity index (χ1) is 14.3. The molecule has 1 aliphatic heterocycles. The fourth-order valence-electron chi connectivity index (χ4n) is 3.60. The Labute approximate surface area is 182 Å². The number of hydrogen-bond donors (Lipinski definition) is 0. The minimum atomic E-state index is -0.0104. The molecule has 0 saturated heterocycles. The molecule has 0 fully saturated rings. The Bertz CT molecular complexity index is 1070. The number of carbonyl (C=O) groups excluding carboxylic acids is 1. The van der Waals surface area contributed by atoms with Crippen LogP contribution in [0.5, 0.6) is 0 Å². The average molecular weight is 421 g/mol. The van der Waals surface area contributed by atoms with Crippen LogP contribution in [0, 0.1) is 0 Å². The highest BCUT2D eigenvalue weighted by molar-refractivity contribution is 6.30. The van der Waals surface area contributed by atoms with Gasteiger partial charge in [0.25, 0.3) is 0 Å². The van der Waals surface area contributed by atoms with E-state index >= 15 is 0 Å². The minimum absolute atomic E-state index is 0.0104. The molecular weight excluding hydrogens is 396 g/mol. The quantitative estimate of drug-likeness (QED) is 0.496. The lowest BCUT2D eigenvalue weighted by molar-refractivity contribution is -0.126. The summed E-state index contributed by atoms with van der Waals surface area (Å²) in [7, 11) is 0. The van der Waals surface area contributed by atoms with E-state index in [2.05, 4.69) is 50.2 Å². The third kappa shape index (κ3) is 4.34. The van der Waals surface area contributed by atoms with Crippen LogP contribution in [0.2, 0.25) is 5.02 Å². The van der Waals surface area contributed by atoms with Gasteiger partial charge in [0.05, 0.1) is 12.2 Å². The van der Waals surface area contributed by atoms with Gasteiger partial charge in [-0.1, -0.05) is 61.8 Å². The number of hydrogen-bond acceptors (Lipinski definition) is 3. The number of rotatable bonds is 3. The zero-order chi connectivity index (χ0) is 21.3. The molecule has 30 heavy (non-hydrogen) atoms. The van der Waals surface area contributed by atoms with Gasteiger partial charge in [-0.2, -0.15) is 0 Å². The first-order valence-electron chi connectivity index (χ1n) is 10.1. The molecule has 5 heteroatoms. The summed E-state index contributed by atoms with van der Waals surface area (Å²) in [5.74, 6) is 0.699. The SMILES string of the molecule is CC(C)(C)c1ccc(/C=C/C(=O)N2CCc3noc(-c4ccc(Cl)cc4)c3C2)cc1. The Balaban J connectivity index is 1.48. The number of benzene rings is 2. The van der Waals surface area contributed by atoms with Crippen molar-refractivity contribution in [3.63, 3.8) is 0 Å². The van der Waals surface area contributed by atoms with E-state index in [1.165, 1.54) is 5.56 Å². The van der Waals surface area contributed by atoms with E-state index in [1.54, 1.807) is 6.08 Å². The molecule has 0 aliphatic carbocycles. The van der Waals surface area contributed by atoms with Crippen LogP contribution in [0.4, 0.5) is 0 Å². The van der Waals surface area contributed by atoms with E-state index < -0.39 is 0 Å². The smallest absolute Gasteiger partial charge is 0.246 e. The Hall–Kier alpha value is -2.85. The van der Waals surface area contributed by atoms with Crippen LogP contribution in [0.15, 0.2) is 59.1 Å². The topological polar surface area (TPSA) is 46.3 Å². The van der Waals surface area contributed by atoms with Crippen LogP contribution in [-0.2, 0) is 23.2 Å². The third-order valence-corrected chi connectivity index (χ3v) is 5.70. The van der Waals surface area contributed by atoms with Crippen molar-refractivity contribution >= 4 is 23.6 Å². The van der Waals surface area contributed by atoms with Crippen LogP contribution < -0.4 is 0 Å². The zero-order valence-electron chi connectivity index (χ0n) is 17.5. The predicted octanol–water partition coefficient (Wildman–Crippen LogP) is 5.89. The molecule has 2 aromatic carbocycles. The molecule has 0 unspecified atom stereocenters. The van der Waals surface area contributed by atoms with Gasteiger partial charge in [0.15, 0.2) is 5.76 Å². The van der Waals surface area contributed by atoms with E-state index in [-0.39, 0.29) is 11.3 Å². The zero-order valence-corrected chi connectivity index (χ0v) is 18.2. The number of carbonyl (C=O) groups is 1. The standard InChI is InChI=1S/C25H25ClN2O2/c1-25(2,3)19-9-4-17(5-10-19)6-13-23(29)28-15-14-22-21(16-28)24(30-27-22)18-7-11-20(26)12-8-18/h4-13H,14-16H2,1-3H3/b13-6+. The van der Waals surface area contributed by atoms with Crippen molar-refractivity contribution in [1.29, 1.82) is 0 Å². The summed E-state index contributed by atoms with van der Waals surface area (Å²) in [6, 6.07) is 15.8. The molecule has 0 saturated carbocycles. The largest absolute Gasteiger partial charge is 0.356 e. The molecule has 0 bridgehead atoms. The van der Waals surface area contributed by atoms with Gasteiger partial charge in [-0.05, 0) is 46.9 Å². The fourth-order valence-corrected chi connectivity index (χ4v) is 3.72. The van der Waals surface area contributed by atoms with Gasteiger partial charge in [-0.3, -0.25) is 4.79 Å².